The van der Waals surface area contributed by atoms with Crippen molar-refractivity contribution in [1.82, 2.24) is 25.4 Å². The van der Waals surface area contributed by atoms with Crippen molar-refractivity contribution in [2.45, 2.75) is 120 Å². The molecule has 58 heavy (non-hydrogen) atoms. The molecule has 3 rings (SSSR count). The average Bonchev–Trinajstić information content (AvgIpc) is 3.61. The number of aliphatic hydroxyl groups is 1. The van der Waals surface area contributed by atoms with Gasteiger partial charge in [0, 0.05) is 56.1 Å². The fourth-order valence-electron chi connectivity index (χ4n) is 6.14. The lowest BCUT2D eigenvalue weighted by molar-refractivity contribution is -0.140. The molecule has 3 atom stereocenters. The quantitative estimate of drug-likeness (QED) is 0.0796. The topological polar surface area (TPSA) is 185 Å². The summed E-state index contributed by atoms with van der Waals surface area (Å²) >= 11 is 0. The van der Waals surface area contributed by atoms with Crippen molar-refractivity contribution in [3.63, 3.8) is 0 Å². The number of unbranched alkanes of at least 4 members (excludes halogenated alkanes) is 1. The summed E-state index contributed by atoms with van der Waals surface area (Å²) in [6.07, 6.45) is 3.56. The van der Waals surface area contributed by atoms with E-state index in [-0.39, 0.29) is 43.4 Å². The average molecular weight is 816 g/mol. The minimum atomic E-state index is -1.04. The van der Waals surface area contributed by atoms with E-state index in [9.17, 15) is 28.7 Å². The van der Waals surface area contributed by atoms with Crippen LogP contribution in [0.5, 0.6) is 0 Å². The number of aliphatic hydroxyl groups excluding tert-OH is 1. The first-order chi connectivity index (χ1) is 27.7. The number of halogens is 2. The Hall–Kier alpha value is -4.66. The van der Waals surface area contributed by atoms with Crippen LogP contribution in [0.15, 0.2) is 60.8 Å². The van der Waals surface area contributed by atoms with Crippen LogP contribution in [0.1, 0.15) is 112 Å². The number of carbonyl (C=O) groups excluding carboxylic acids is 4. The fraction of sp³-hybridized carbons (Fsp3) is 0.545. The second-order valence-electron chi connectivity index (χ2n) is 13.9. The summed E-state index contributed by atoms with van der Waals surface area (Å²) in [5.41, 5.74) is 13.2. The normalized spacial score (nSPS) is 12.1. The second-order valence-corrected chi connectivity index (χ2v) is 13.9. The first-order valence-electron chi connectivity index (χ1n) is 20.5. The number of rotatable bonds is 19. The van der Waals surface area contributed by atoms with Crippen LogP contribution in [0.3, 0.4) is 0 Å². The third-order valence-corrected chi connectivity index (χ3v) is 8.61. The Morgan fingerprint density at radius 3 is 2.02 bits per heavy atom. The Morgan fingerprint density at radius 1 is 0.862 bits per heavy atom. The molecule has 326 valence electrons. The highest BCUT2D eigenvalue weighted by atomic mass is 19.1. The summed E-state index contributed by atoms with van der Waals surface area (Å²) in [5, 5.41) is 18.1. The second kappa shape index (κ2) is 28.7. The lowest BCUT2D eigenvalue weighted by atomic mass is 9.82. The Bertz CT molecular complexity index is 1650. The van der Waals surface area contributed by atoms with E-state index in [0.717, 1.165) is 23.8 Å². The highest BCUT2D eigenvalue weighted by Gasteiger charge is 2.37. The summed E-state index contributed by atoms with van der Waals surface area (Å²) in [7, 11) is 0. The highest BCUT2D eigenvalue weighted by Crippen LogP contribution is 2.41. The number of nitrogens with two attached hydrogens (primary N) is 2. The van der Waals surface area contributed by atoms with Crippen LogP contribution in [0.2, 0.25) is 0 Å². The van der Waals surface area contributed by atoms with Crippen LogP contribution in [0.4, 0.5) is 8.78 Å². The number of nitrogens with zero attached hydrogens (tertiary/aromatic N) is 2. The number of aromatic nitrogens is 1. The molecule has 8 N–H and O–H groups in total. The van der Waals surface area contributed by atoms with Gasteiger partial charge in [-0.15, -0.1) is 0 Å². The monoisotopic (exact) mass is 816 g/mol. The Labute approximate surface area is 345 Å². The first kappa shape index (κ1) is 53.3. The van der Waals surface area contributed by atoms with E-state index in [2.05, 4.69) is 16.0 Å². The maximum atomic E-state index is 15.0. The molecule has 0 radical (unpaired) electrons. The summed E-state index contributed by atoms with van der Waals surface area (Å²) < 4.78 is 31.2. The minimum Gasteiger partial charge on any atom is -0.387 e. The van der Waals surface area contributed by atoms with E-state index < -0.39 is 53.6 Å². The highest BCUT2D eigenvalue weighted by molar-refractivity contribution is 5.87. The van der Waals surface area contributed by atoms with Gasteiger partial charge in [0.2, 0.25) is 23.6 Å². The largest absolute Gasteiger partial charge is 0.387 e. The maximum absolute atomic E-state index is 15.0. The number of nitrogens with one attached hydrogen (secondary N) is 3. The number of hydrogen-bond acceptors (Lipinski definition) is 7. The van der Waals surface area contributed by atoms with Crippen molar-refractivity contribution in [3.05, 3.63) is 83.7 Å². The number of carbonyl (C=O) groups is 4. The van der Waals surface area contributed by atoms with Crippen molar-refractivity contribution in [3.8, 4) is 11.1 Å². The standard InChI is InChI=1S/C38H53F2N7O5.3C2H6/c1-25(49)45-32(12-8-9-16-41)37(52)44-18-17-43-36(51)31(42)15-19-47(34(50)24-48)35(38(2,3)4)33-20-27(29-21-28(39)13-14-30(29)40)23-46(33)22-26-10-6-5-7-11-26;3*1-2/h5-7,10-11,13-14,20-21,23,31-32,35,48H,8-9,12,15-19,22,24,41-42H2,1-4H3,(H,43,51)(H,44,52)(H,45,49);3*1-2H3/t31-,32?,35?;;;/m0.../s1. The number of benzene rings is 2. The summed E-state index contributed by atoms with van der Waals surface area (Å²) in [4.78, 5) is 52.1. The molecule has 14 heteroatoms. The van der Waals surface area contributed by atoms with E-state index in [1.54, 1.807) is 12.3 Å². The summed E-state index contributed by atoms with van der Waals surface area (Å²) in [5.74, 6) is -3.01. The lowest BCUT2D eigenvalue weighted by Gasteiger charge is -2.41. The third kappa shape index (κ3) is 17.9. The van der Waals surface area contributed by atoms with Crippen LogP contribution in [0, 0.1) is 17.0 Å². The maximum Gasteiger partial charge on any atom is 0.248 e. The molecule has 0 aliphatic carbocycles. The van der Waals surface area contributed by atoms with Gasteiger partial charge in [0.05, 0.1) is 12.1 Å². The van der Waals surface area contributed by atoms with Crippen LogP contribution in [-0.4, -0.2) is 83.1 Å². The molecule has 2 aromatic carbocycles. The molecule has 0 bridgehead atoms. The van der Waals surface area contributed by atoms with Crippen molar-refractivity contribution in [1.29, 1.82) is 0 Å². The van der Waals surface area contributed by atoms with Crippen molar-refractivity contribution in [2.24, 2.45) is 16.9 Å². The summed E-state index contributed by atoms with van der Waals surface area (Å²) in [6, 6.07) is 12.1. The van der Waals surface area contributed by atoms with Crippen LogP contribution in [0.25, 0.3) is 11.1 Å². The van der Waals surface area contributed by atoms with Crippen LogP contribution in [-0.2, 0) is 25.7 Å². The molecule has 1 heterocycles. The smallest absolute Gasteiger partial charge is 0.248 e. The van der Waals surface area contributed by atoms with Gasteiger partial charge in [-0.25, -0.2) is 8.78 Å². The van der Waals surface area contributed by atoms with Gasteiger partial charge < -0.3 is 42.0 Å². The molecule has 3 aromatic rings. The Kier molecular flexibility index (Phi) is 26.4. The molecular formula is C44H71F2N7O5. The van der Waals surface area contributed by atoms with Gasteiger partial charge in [0.1, 0.15) is 24.3 Å². The molecule has 0 aliphatic rings. The van der Waals surface area contributed by atoms with Crippen molar-refractivity contribution >= 4 is 23.6 Å². The molecule has 0 spiro atoms. The molecule has 0 saturated heterocycles. The molecule has 1 aromatic heterocycles. The SMILES string of the molecule is CC.CC.CC.CC(=O)NC(CCCCN)C(=O)NCCNC(=O)[C@@H](N)CCN(C(=O)CO)C(c1cc(-c2cc(F)ccc2F)cn1Cc1ccccc1)C(C)(C)C. The molecule has 4 amide bonds. The lowest BCUT2D eigenvalue weighted by Crippen LogP contribution is -2.49. The van der Waals surface area contributed by atoms with E-state index in [1.165, 1.54) is 11.8 Å². The Morgan fingerprint density at radius 2 is 1.47 bits per heavy atom. The molecule has 0 saturated carbocycles. The predicted molar refractivity (Wildman–Crippen MR) is 229 cm³/mol. The number of amides is 4. The zero-order valence-corrected chi connectivity index (χ0v) is 36.5. The molecule has 0 aliphatic heterocycles. The van der Waals surface area contributed by atoms with Gasteiger partial charge in [0.25, 0.3) is 0 Å². The van der Waals surface area contributed by atoms with Gasteiger partial charge in [0.15, 0.2) is 0 Å². The molecule has 0 fully saturated rings. The Balaban J connectivity index is 0.00000516. The van der Waals surface area contributed by atoms with Gasteiger partial charge in [-0.1, -0.05) is 92.6 Å². The van der Waals surface area contributed by atoms with E-state index in [4.69, 9.17) is 11.5 Å². The molecular weight excluding hydrogens is 745 g/mol. The van der Waals surface area contributed by atoms with Gasteiger partial charge in [-0.2, -0.15) is 0 Å². The zero-order chi connectivity index (χ0) is 44.4. The number of hydrogen-bond donors (Lipinski definition) is 6. The summed E-state index contributed by atoms with van der Waals surface area (Å²) in [6.45, 7) is 19.3. The molecule has 2 unspecified atom stereocenters. The van der Waals surface area contributed by atoms with Gasteiger partial charge >= 0.3 is 0 Å². The zero-order valence-electron chi connectivity index (χ0n) is 36.5. The fourth-order valence-corrected chi connectivity index (χ4v) is 6.14. The minimum absolute atomic E-state index is 0.00593. The predicted octanol–water partition coefficient (Wildman–Crippen LogP) is 6.05. The van der Waals surface area contributed by atoms with Gasteiger partial charge in [-0.3, -0.25) is 19.2 Å². The molecule has 12 nitrogen and oxygen atoms in total. The van der Waals surface area contributed by atoms with Gasteiger partial charge in [-0.05, 0) is 67.5 Å². The van der Waals surface area contributed by atoms with Crippen molar-refractivity contribution in [2.75, 3.05) is 32.8 Å². The van der Waals surface area contributed by atoms with E-state index in [1.807, 2.05) is 97.2 Å². The van der Waals surface area contributed by atoms with Crippen molar-refractivity contribution < 1.29 is 33.1 Å². The van der Waals surface area contributed by atoms with E-state index in [0.29, 0.717) is 43.6 Å². The van der Waals surface area contributed by atoms with Crippen LogP contribution < -0.4 is 27.4 Å². The first-order valence-corrected chi connectivity index (χ1v) is 20.5. The van der Waals surface area contributed by atoms with E-state index >= 15 is 4.39 Å². The third-order valence-electron chi connectivity index (χ3n) is 8.61. The van der Waals surface area contributed by atoms with Crippen LogP contribution >= 0.6 is 0 Å².